The third-order valence-corrected chi connectivity index (χ3v) is 6.17. The summed E-state index contributed by atoms with van der Waals surface area (Å²) in [5, 5.41) is 14.6. The molecule has 1 aliphatic rings. The average molecular weight is 453 g/mol. The molecular weight excluding hydrogens is 420 g/mol. The quantitative estimate of drug-likeness (QED) is 0.530. The fourth-order valence-corrected chi connectivity index (χ4v) is 4.17. The van der Waals surface area contributed by atoms with Crippen molar-refractivity contribution in [2.45, 2.75) is 52.1 Å². The Hall–Kier alpha value is -3.35. The predicted molar refractivity (Wildman–Crippen MR) is 126 cm³/mol. The van der Waals surface area contributed by atoms with Gasteiger partial charge in [-0.25, -0.2) is 9.59 Å². The van der Waals surface area contributed by atoms with Gasteiger partial charge < -0.3 is 20.5 Å². The summed E-state index contributed by atoms with van der Waals surface area (Å²) in [5.41, 5.74) is 4.54. The zero-order valence-corrected chi connectivity index (χ0v) is 19.5. The fourth-order valence-electron chi connectivity index (χ4n) is 4.17. The molecule has 0 fully saturated rings. The van der Waals surface area contributed by atoms with Crippen LogP contribution >= 0.6 is 0 Å². The van der Waals surface area contributed by atoms with Crippen molar-refractivity contribution in [2.75, 3.05) is 6.61 Å². The summed E-state index contributed by atoms with van der Waals surface area (Å²) in [4.78, 5) is 36.4. The van der Waals surface area contributed by atoms with Gasteiger partial charge in [0.15, 0.2) is 0 Å². The van der Waals surface area contributed by atoms with Crippen molar-refractivity contribution in [1.82, 2.24) is 10.6 Å². The molecular formula is C26H32N2O5. The van der Waals surface area contributed by atoms with E-state index in [0.29, 0.717) is 6.42 Å². The van der Waals surface area contributed by atoms with Crippen molar-refractivity contribution >= 4 is 18.0 Å². The molecule has 7 nitrogen and oxygen atoms in total. The van der Waals surface area contributed by atoms with Crippen LogP contribution in [0.1, 0.15) is 51.2 Å². The molecule has 0 aliphatic heterocycles. The predicted octanol–water partition coefficient (Wildman–Crippen LogP) is 4.17. The van der Waals surface area contributed by atoms with Crippen LogP contribution in [-0.4, -0.2) is 41.8 Å². The van der Waals surface area contributed by atoms with Crippen molar-refractivity contribution in [2.24, 2.45) is 11.8 Å². The normalized spacial score (nSPS) is 15.2. The number of fused-ring (bicyclic) bond motifs is 3. The van der Waals surface area contributed by atoms with Gasteiger partial charge in [0, 0.05) is 12.0 Å². The highest BCUT2D eigenvalue weighted by molar-refractivity contribution is 5.85. The van der Waals surface area contributed by atoms with E-state index in [4.69, 9.17) is 4.74 Å². The summed E-state index contributed by atoms with van der Waals surface area (Å²) in [6.45, 7) is 7.32. The molecule has 1 aliphatic carbocycles. The molecule has 0 bridgehead atoms. The first-order valence-electron chi connectivity index (χ1n) is 11.3. The molecule has 0 saturated heterocycles. The van der Waals surface area contributed by atoms with E-state index in [1.807, 2.05) is 50.2 Å². The van der Waals surface area contributed by atoms with Gasteiger partial charge in [-0.2, -0.15) is 0 Å². The summed E-state index contributed by atoms with van der Waals surface area (Å²) >= 11 is 0. The zero-order valence-electron chi connectivity index (χ0n) is 19.5. The smallest absolute Gasteiger partial charge is 0.407 e. The molecule has 0 spiro atoms. The maximum Gasteiger partial charge on any atom is 0.407 e. The molecule has 3 N–H and O–H groups in total. The van der Waals surface area contributed by atoms with Gasteiger partial charge in [0.05, 0.1) is 5.92 Å². The van der Waals surface area contributed by atoms with E-state index in [9.17, 15) is 19.5 Å². The van der Waals surface area contributed by atoms with Gasteiger partial charge in [-0.15, -0.1) is 0 Å². The van der Waals surface area contributed by atoms with Gasteiger partial charge in [-0.3, -0.25) is 4.79 Å². The van der Waals surface area contributed by atoms with Gasteiger partial charge in [0.25, 0.3) is 0 Å². The lowest BCUT2D eigenvalue weighted by molar-refractivity contribution is -0.143. The Bertz CT molecular complexity index is 974. The number of carboxylic acid groups (broad SMARTS) is 1. The minimum atomic E-state index is -1.07. The lowest BCUT2D eigenvalue weighted by atomic mass is 9.98. The van der Waals surface area contributed by atoms with Gasteiger partial charge in [-0.05, 0) is 41.5 Å². The van der Waals surface area contributed by atoms with Crippen LogP contribution in [0.25, 0.3) is 11.1 Å². The fraction of sp³-hybridized carbons (Fsp3) is 0.423. The SMILES string of the molecule is CC(C)C[C@H](NC(=O)C(C)C(C)NC(=O)OCC1c2ccccc2-c2ccccc21)C(=O)O. The second-order valence-electron chi connectivity index (χ2n) is 9.08. The number of carbonyl (C=O) groups is 3. The number of carboxylic acids is 1. The lowest BCUT2D eigenvalue weighted by Crippen LogP contribution is -2.49. The Balaban J connectivity index is 1.56. The number of benzene rings is 2. The summed E-state index contributed by atoms with van der Waals surface area (Å²) < 4.78 is 5.54. The highest BCUT2D eigenvalue weighted by Gasteiger charge is 2.30. The van der Waals surface area contributed by atoms with Crippen LogP contribution in [0.5, 0.6) is 0 Å². The highest BCUT2D eigenvalue weighted by atomic mass is 16.5. The standard InChI is InChI=1S/C26H32N2O5/c1-15(2)13-23(25(30)31)28-24(29)16(3)17(4)27-26(32)33-14-22-20-11-7-5-9-18(20)19-10-6-8-12-21(19)22/h5-12,15-17,22-23H,13-14H2,1-4H3,(H,27,32)(H,28,29)(H,30,31)/t16?,17?,23-/m0/s1. The van der Waals surface area contributed by atoms with E-state index < -0.39 is 36.0 Å². The Morgan fingerprint density at radius 1 is 0.909 bits per heavy atom. The molecule has 2 aromatic carbocycles. The number of hydrogen-bond acceptors (Lipinski definition) is 4. The van der Waals surface area contributed by atoms with Crippen molar-refractivity contribution in [3.8, 4) is 11.1 Å². The number of rotatable bonds is 9. The lowest BCUT2D eigenvalue weighted by Gasteiger charge is -2.24. The van der Waals surface area contributed by atoms with Crippen molar-refractivity contribution in [3.05, 3.63) is 59.7 Å². The Morgan fingerprint density at radius 3 is 1.97 bits per heavy atom. The second kappa shape index (κ2) is 10.5. The summed E-state index contributed by atoms with van der Waals surface area (Å²) in [6, 6.07) is 14.7. The van der Waals surface area contributed by atoms with Gasteiger partial charge >= 0.3 is 12.1 Å². The van der Waals surface area contributed by atoms with Crippen LogP contribution in [0, 0.1) is 11.8 Å². The van der Waals surface area contributed by atoms with Crippen LogP contribution in [0.4, 0.5) is 4.79 Å². The topological polar surface area (TPSA) is 105 Å². The maximum atomic E-state index is 12.5. The Morgan fingerprint density at radius 2 is 1.45 bits per heavy atom. The number of amides is 2. The molecule has 2 unspecified atom stereocenters. The number of carbonyl (C=O) groups excluding carboxylic acids is 2. The Labute approximate surface area is 194 Å². The maximum absolute atomic E-state index is 12.5. The summed E-state index contributed by atoms with van der Waals surface area (Å²) in [6.07, 6.45) is -0.275. The van der Waals surface area contributed by atoms with Crippen LogP contribution in [0.3, 0.4) is 0 Å². The zero-order chi connectivity index (χ0) is 24.1. The van der Waals surface area contributed by atoms with Gasteiger partial charge in [0.1, 0.15) is 12.6 Å². The third-order valence-electron chi connectivity index (χ3n) is 6.17. The van der Waals surface area contributed by atoms with Crippen LogP contribution in [-0.2, 0) is 14.3 Å². The monoisotopic (exact) mass is 452 g/mol. The number of aliphatic carboxylic acids is 1. The van der Waals surface area contributed by atoms with Crippen LogP contribution in [0.15, 0.2) is 48.5 Å². The van der Waals surface area contributed by atoms with E-state index in [0.717, 1.165) is 22.3 Å². The van der Waals surface area contributed by atoms with Crippen LogP contribution < -0.4 is 10.6 Å². The minimum absolute atomic E-state index is 0.0495. The number of hydrogen-bond donors (Lipinski definition) is 3. The van der Waals surface area contributed by atoms with E-state index in [-0.39, 0.29) is 18.4 Å². The second-order valence-corrected chi connectivity index (χ2v) is 9.08. The molecule has 0 aromatic heterocycles. The minimum Gasteiger partial charge on any atom is -0.480 e. The third kappa shape index (κ3) is 5.72. The van der Waals surface area contributed by atoms with E-state index in [2.05, 4.69) is 22.8 Å². The molecule has 2 amide bonds. The Kier molecular flexibility index (Phi) is 7.74. The molecule has 3 atom stereocenters. The largest absolute Gasteiger partial charge is 0.480 e. The highest BCUT2D eigenvalue weighted by Crippen LogP contribution is 2.44. The molecule has 2 aromatic rings. The first kappa shape index (κ1) is 24.3. The summed E-state index contributed by atoms with van der Waals surface area (Å²) in [7, 11) is 0. The molecule has 33 heavy (non-hydrogen) atoms. The molecule has 3 rings (SSSR count). The number of nitrogens with one attached hydrogen (secondary N) is 2. The number of alkyl carbamates (subject to hydrolysis) is 1. The van der Waals surface area contributed by atoms with Crippen molar-refractivity contribution in [1.29, 1.82) is 0 Å². The first-order valence-corrected chi connectivity index (χ1v) is 11.3. The average Bonchev–Trinajstić information content (AvgIpc) is 3.10. The first-order chi connectivity index (χ1) is 15.7. The molecule has 0 radical (unpaired) electrons. The van der Waals surface area contributed by atoms with E-state index >= 15 is 0 Å². The number of ether oxygens (including phenoxy) is 1. The van der Waals surface area contributed by atoms with Crippen molar-refractivity contribution < 1.29 is 24.2 Å². The summed E-state index contributed by atoms with van der Waals surface area (Å²) in [5.74, 6) is -2.04. The molecule has 0 saturated carbocycles. The van der Waals surface area contributed by atoms with Crippen molar-refractivity contribution in [3.63, 3.8) is 0 Å². The van der Waals surface area contributed by atoms with E-state index in [1.165, 1.54) is 0 Å². The molecule has 7 heteroatoms. The van der Waals surface area contributed by atoms with Crippen LogP contribution in [0.2, 0.25) is 0 Å². The molecule has 0 heterocycles. The van der Waals surface area contributed by atoms with Gasteiger partial charge in [0.2, 0.25) is 5.91 Å². The van der Waals surface area contributed by atoms with Gasteiger partial charge in [-0.1, -0.05) is 69.3 Å². The molecule has 176 valence electrons. The van der Waals surface area contributed by atoms with E-state index in [1.54, 1.807) is 13.8 Å².